The van der Waals surface area contributed by atoms with Crippen LogP contribution in [0.5, 0.6) is 0 Å². The molecule has 0 aromatic carbocycles. The fourth-order valence-corrected chi connectivity index (χ4v) is 1.90. The van der Waals surface area contributed by atoms with Gasteiger partial charge >= 0.3 is 0 Å². The van der Waals surface area contributed by atoms with Gasteiger partial charge in [-0.1, -0.05) is 20.8 Å². The fraction of sp³-hybridized carbons (Fsp3) is 1.00. The Labute approximate surface area is 97.7 Å². The summed E-state index contributed by atoms with van der Waals surface area (Å²) in [4.78, 5) is 0. The molecule has 2 nitrogen and oxygen atoms in total. The quantitative estimate of drug-likeness (QED) is 0.808. The van der Waals surface area contributed by atoms with Crippen LogP contribution < -0.4 is 5.32 Å². The SMILES string of the molecule is CC(NCCS(=O)C(C)(C)C)C(C)(C)C. The second-order valence-electron chi connectivity index (χ2n) is 6.20. The first-order valence-corrected chi connectivity index (χ1v) is 6.99. The first-order chi connectivity index (χ1) is 6.55. The molecule has 0 aliphatic carbocycles. The van der Waals surface area contributed by atoms with Crippen molar-refractivity contribution in [1.29, 1.82) is 0 Å². The van der Waals surface area contributed by atoms with Crippen molar-refractivity contribution in [3.05, 3.63) is 0 Å². The van der Waals surface area contributed by atoms with Gasteiger partial charge in [0.15, 0.2) is 0 Å². The Hall–Kier alpha value is 0.110. The molecule has 0 heterocycles. The van der Waals surface area contributed by atoms with E-state index >= 15 is 0 Å². The van der Waals surface area contributed by atoms with E-state index in [2.05, 4.69) is 33.0 Å². The van der Waals surface area contributed by atoms with Crippen LogP contribution in [-0.2, 0) is 10.8 Å². The van der Waals surface area contributed by atoms with Crippen LogP contribution in [-0.4, -0.2) is 27.3 Å². The zero-order valence-electron chi connectivity index (χ0n) is 11.3. The summed E-state index contributed by atoms with van der Waals surface area (Å²) in [7, 11) is -0.743. The van der Waals surface area contributed by atoms with E-state index < -0.39 is 10.8 Å². The lowest BCUT2D eigenvalue weighted by Gasteiger charge is -2.28. The van der Waals surface area contributed by atoms with E-state index in [0.717, 1.165) is 12.3 Å². The summed E-state index contributed by atoms with van der Waals surface area (Å²) >= 11 is 0. The smallest absolute Gasteiger partial charge is 0.0375 e. The minimum atomic E-state index is -0.743. The van der Waals surface area contributed by atoms with Crippen LogP contribution in [0.25, 0.3) is 0 Å². The fourth-order valence-electron chi connectivity index (χ4n) is 0.981. The molecule has 0 radical (unpaired) electrons. The molecule has 0 fully saturated rings. The van der Waals surface area contributed by atoms with Crippen molar-refractivity contribution in [2.75, 3.05) is 12.3 Å². The lowest BCUT2D eigenvalue weighted by atomic mass is 9.88. The molecule has 0 aromatic heterocycles. The lowest BCUT2D eigenvalue weighted by Crippen LogP contribution is -2.40. The van der Waals surface area contributed by atoms with Crippen LogP contribution >= 0.6 is 0 Å². The Bertz CT molecular complexity index is 213. The summed E-state index contributed by atoms with van der Waals surface area (Å²) in [5.41, 5.74) is 0.267. The highest BCUT2D eigenvalue weighted by Gasteiger charge is 2.21. The molecule has 0 aromatic rings. The van der Waals surface area contributed by atoms with Crippen molar-refractivity contribution in [2.45, 2.75) is 59.3 Å². The van der Waals surface area contributed by atoms with Gasteiger partial charge in [-0.15, -0.1) is 0 Å². The third kappa shape index (κ3) is 6.31. The molecule has 0 saturated heterocycles. The molecule has 0 amide bonds. The molecule has 0 rings (SSSR count). The van der Waals surface area contributed by atoms with E-state index in [9.17, 15) is 4.21 Å². The molecule has 15 heavy (non-hydrogen) atoms. The van der Waals surface area contributed by atoms with Gasteiger partial charge in [0.1, 0.15) is 0 Å². The summed E-state index contributed by atoms with van der Waals surface area (Å²) < 4.78 is 11.7. The molecule has 3 heteroatoms. The van der Waals surface area contributed by atoms with Gasteiger partial charge in [-0.25, -0.2) is 0 Å². The van der Waals surface area contributed by atoms with Crippen molar-refractivity contribution in [1.82, 2.24) is 5.32 Å². The Morgan fingerprint density at radius 1 is 1.13 bits per heavy atom. The summed E-state index contributed by atoms with van der Waals surface area (Å²) in [6.45, 7) is 15.7. The minimum Gasteiger partial charge on any atom is -0.313 e. The van der Waals surface area contributed by atoms with Crippen molar-refractivity contribution < 1.29 is 4.21 Å². The Morgan fingerprint density at radius 3 is 1.93 bits per heavy atom. The molecule has 0 aliphatic heterocycles. The third-order valence-corrected chi connectivity index (χ3v) is 4.66. The van der Waals surface area contributed by atoms with E-state index in [4.69, 9.17) is 0 Å². The van der Waals surface area contributed by atoms with Crippen molar-refractivity contribution >= 4 is 10.8 Å². The number of hydrogen-bond acceptors (Lipinski definition) is 2. The average molecular weight is 233 g/mol. The summed E-state index contributed by atoms with van der Waals surface area (Å²) in [6, 6.07) is 0.453. The topological polar surface area (TPSA) is 29.1 Å². The zero-order valence-corrected chi connectivity index (χ0v) is 12.1. The highest BCUT2D eigenvalue weighted by atomic mass is 32.2. The minimum absolute atomic E-state index is 0.0906. The molecule has 0 saturated carbocycles. The largest absolute Gasteiger partial charge is 0.313 e. The van der Waals surface area contributed by atoms with E-state index in [0.29, 0.717) is 6.04 Å². The highest BCUT2D eigenvalue weighted by molar-refractivity contribution is 7.86. The van der Waals surface area contributed by atoms with Gasteiger partial charge in [0, 0.05) is 33.9 Å². The summed E-state index contributed by atoms with van der Waals surface area (Å²) in [6.07, 6.45) is 0. The monoisotopic (exact) mass is 233 g/mol. The predicted molar refractivity (Wildman–Crippen MR) is 69.7 cm³/mol. The van der Waals surface area contributed by atoms with Gasteiger partial charge in [0.05, 0.1) is 0 Å². The predicted octanol–water partition coefficient (Wildman–Crippen LogP) is 2.56. The first-order valence-electron chi connectivity index (χ1n) is 5.67. The second-order valence-corrected chi connectivity index (χ2v) is 8.53. The van der Waals surface area contributed by atoms with Crippen LogP contribution in [0.3, 0.4) is 0 Å². The average Bonchev–Trinajstić information content (AvgIpc) is 2.00. The zero-order chi connectivity index (χ0) is 12.3. The molecule has 0 aliphatic rings. The van der Waals surface area contributed by atoms with Crippen molar-refractivity contribution in [2.24, 2.45) is 5.41 Å². The summed E-state index contributed by atoms with van der Waals surface area (Å²) in [5, 5.41) is 3.43. The van der Waals surface area contributed by atoms with Crippen LogP contribution in [0.1, 0.15) is 48.5 Å². The molecule has 92 valence electrons. The molecular weight excluding hydrogens is 206 g/mol. The van der Waals surface area contributed by atoms with Gasteiger partial charge in [0.2, 0.25) is 0 Å². The number of hydrogen-bond donors (Lipinski definition) is 1. The van der Waals surface area contributed by atoms with E-state index in [-0.39, 0.29) is 10.2 Å². The maximum atomic E-state index is 11.8. The highest BCUT2D eigenvalue weighted by Crippen LogP contribution is 2.18. The number of nitrogens with one attached hydrogen (secondary N) is 1. The Kier molecular flexibility index (Phi) is 5.48. The maximum absolute atomic E-state index is 11.8. The third-order valence-electron chi connectivity index (χ3n) is 2.72. The van der Waals surface area contributed by atoms with Gasteiger partial charge in [0.25, 0.3) is 0 Å². The van der Waals surface area contributed by atoms with E-state index in [1.807, 2.05) is 20.8 Å². The van der Waals surface area contributed by atoms with E-state index in [1.165, 1.54) is 0 Å². The van der Waals surface area contributed by atoms with Crippen LogP contribution in [0.4, 0.5) is 0 Å². The van der Waals surface area contributed by atoms with Crippen LogP contribution in [0.2, 0.25) is 0 Å². The molecular formula is C12H27NOS. The molecule has 1 N–H and O–H groups in total. The van der Waals surface area contributed by atoms with Crippen LogP contribution in [0.15, 0.2) is 0 Å². The lowest BCUT2D eigenvalue weighted by molar-refractivity contribution is 0.291. The van der Waals surface area contributed by atoms with E-state index in [1.54, 1.807) is 0 Å². The summed E-state index contributed by atoms with van der Waals surface area (Å²) in [5.74, 6) is 0.740. The van der Waals surface area contributed by atoms with Crippen molar-refractivity contribution in [3.63, 3.8) is 0 Å². The second kappa shape index (κ2) is 5.44. The van der Waals surface area contributed by atoms with Crippen molar-refractivity contribution in [3.8, 4) is 0 Å². The Morgan fingerprint density at radius 2 is 1.60 bits per heavy atom. The Balaban J connectivity index is 3.87. The van der Waals surface area contributed by atoms with Gasteiger partial charge < -0.3 is 5.32 Å². The molecule has 2 unspecified atom stereocenters. The van der Waals surface area contributed by atoms with Gasteiger partial charge in [-0.05, 0) is 33.1 Å². The first kappa shape index (κ1) is 15.1. The maximum Gasteiger partial charge on any atom is 0.0375 e. The molecule has 0 bridgehead atoms. The van der Waals surface area contributed by atoms with Gasteiger partial charge in [-0.2, -0.15) is 0 Å². The number of rotatable bonds is 4. The molecule has 0 spiro atoms. The normalized spacial score (nSPS) is 17.5. The van der Waals surface area contributed by atoms with Crippen LogP contribution in [0, 0.1) is 5.41 Å². The molecule has 2 atom stereocenters. The van der Waals surface area contributed by atoms with Gasteiger partial charge in [-0.3, -0.25) is 4.21 Å². The standard InChI is InChI=1S/C12H27NOS/c1-10(11(2,3)4)13-8-9-15(14)12(5,6)7/h10,13H,8-9H2,1-7H3.